The second kappa shape index (κ2) is 11.2. The van der Waals surface area contributed by atoms with Gasteiger partial charge in [-0.1, -0.05) is 36.4 Å². The number of amides is 2. The van der Waals surface area contributed by atoms with Crippen LogP contribution in [0.5, 0.6) is 17.2 Å². The molecule has 2 amide bonds. The van der Waals surface area contributed by atoms with Crippen LogP contribution in [-0.2, 0) is 29.7 Å². The SMILES string of the molecule is COc1ccc2cc1Oc1cccc(c1)CO[C@H]1CN(C(=O)c3nn(C)c4ccccc34)C[C@@H]1NC(=O)CN(C)C2. The molecule has 0 aliphatic carbocycles. The summed E-state index contributed by atoms with van der Waals surface area (Å²) in [5.74, 6) is 1.56. The lowest BCUT2D eigenvalue weighted by molar-refractivity contribution is -0.123. The van der Waals surface area contributed by atoms with Crippen molar-refractivity contribution in [1.29, 1.82) is 0 Å². The number of nitrogens with one attached hydrogen (secondary N) is 1. The van der Waals surface area contributed by atoms with Crippen LogP contribution in [0.1, 0.15) is 21.6 Å². The van der Waals surface area contributed by atoms with E-state index in [9.17, 15) is 9.59 Å². The lowest BCUT2D eigenvalue weighted by Gasteiger charge is -2.23. The maximum Gasteiger partial charge on any atom is 0.275 e. The lowest BCUT2D eigenvalue weighted by Crippen LogP contribution is -2.47. The molecular formula is C31H33N5O5. The van der Waals surface area contributed by atoms with Gasteiger partial charge < -0.3 is 24.4 Å². The smallest absolute Gasteiger partial charge is 0.275 e. The van der Waals surface area contributed by atoms with E-state index in [-0.39, 0.29) is 24.4 Å². The molecule has 0 spiro atoms. The number of carbonyl (C=O) groups is 2. The molecule has 2 aliphatic heterocycles. The van der Waals surface area contributed by atoms with Crippen LogP contribution in [0.25, 0.3) is 10.9 Å². The van der Waals surface area contributed by atoms with E-state index in [4.69, 9.17) is 14.2 Å². The summed E-state index contributed by atoms with van der Waals surface area (Å²) in [5.41, 5.74) is 3.18. The minimum Gasteiger partial charge on any atom is -0.493 e. The van der Waals surface area contributed by atoms with Crippen LogP contribution in [0.4, 0.5) is 0 Å². The number of aromatic nitrogens is 2. The third-order valence-corrected chi connectivity index (χ3v) is 7.54. The molecule has 10 nitrogen and oxygen atoms in total. The van der Waals surface area contributed by atoms with Gasteiger partial charge in [0.1, 0.15) is 5.75 Å². The predicted molar refractivity (Wildman–Crippen MR) is 153 cm³/mol. The third kappa shape index (κ3) is 5.61. The lowest BCUT2D eigenvalue weighted by atomic mass is 10.1. The average molecular weight is 556 g/mol. The van der Waals surface area contributed by atoms with Gasteiger partial charge in [-0.2, -0.15) is 5.10 Å². The molecule has 4 bridgehead atoms. The van der Waals surface area contributed by atoms with Crippen LogP contribution < -0.4 is 14.8 Å². The summed E-state index contributed by atoms with van der Waals surface area (Å²) in [7, 11) is 5.33. The van der Waals surface area contributed by atoms with E-state index in [1.54, 1.807) is 16.7 Å². The molecule has 41 heavy (non-hydrogen) atoms. The largest absolute Gasteiger partial charge is 0.493 e. The normalized spacial score (nSPS) is 19.9. The molecule has 0 saturated carbocycles. The quantitative estimate of drug-likeness (QED) is 0.405. The molecule has 3 heterocycles. The van der Waals surface area contributed by atoms with E-state index < -0.39 is 6.10 Å². The number of likely N-dealkylation sites (tertiary alicyclic amines) is 1. The van der Waals surface area contributed by atoms with E-state index >= 15 is 0 Å². The van der Waals surface area contributed by atoms with Crippen LogP contribution in [0.3, 0.4) is 0 Å². The van der Waals surface area contributed by atoms with Crippen molar-refractivity contribution >= 4 is 22.7 Å². The molecular weight excluding hydrogens is 522 g/mol. The molecule has 1 aromatic heterocycles. The minimum atomic E-state index is -0.395. The number of benzene rings is 3. The topological polar surface area (TPSA) is 98.2 Å². The molecule has 1 N–H and O–H groups in total. The Labute approximate surface area is 238 Å². The van der Waals surface area contributed by atoms with Gasteiger partial charge in [0.25, 0.3) is 5.91 Å². The second-order valence-electron chi connectivity index (χ2n) is 10.6. The van der Waals surface area contributed by atoms with Crippen molar-refractivity contribution in [3.8, 4) is 17.2 Å². The predicted octanol–water partition coefficient (Wildman–Crippen LogP) is 3.35. The Balaban J connectivity index is 1.27. The Hall–Kier alpha value is -4.41. The number of rotatable bonds is 2. The van der Waals surface area contributed by atoms with E-state index in [0.717, 1.165) is 22.0 Å². The van der Waals surface area contributed by atoms with Crippen molar-refractivity contribution in [2.75, 3.05) is 33.8 Å². The van der Waals surface area contributed by atoms with Crippen molar-refractivity contribution in [1.82, 2.24) is 24.9 Å². The van der Waals surface area contributed by atoms with Gasteiger partial charge in [0, 0.05) is 32.1 Å². The second-order valence-corrected chi connectivity index (χ2v) is 10.6. The number of carbonyl (C=O) groups excluding carboxylic acids is 2. The molecule has 0 radical (unpaired) electrons. The number of hydrogen-bond donors (Lipinski definition) is 1. The fourth-order valence-electron chi connectivity index (χ4n) is 5.56. The summed E-state index contributed by atoms with van der Waals surface area (Å²) in [4.78, 5) is 30.5. The van der Waals surface area contributed by atoms with Crippen molar-refractivity contribution in [3.05, 3.63) is 83.6 Å². The van der Waals surface area contributed by atoms with Gasteiger partial charge in [0.15, 0.2) is 17.2 Å². The number of nitrogens with zero attached hydrogens (tertiary/aromatic N) is 4. The number of aryl methyl sites for hydroxylation is 1. The third-order valence-electron chi connectivity index (χ3n) is 7.54. The van der Waals surface area contributed by atoms with E-state index in [1.165, 1.54) is 0 Å². The summed E-state index contributed by atoms with van der Waals surface area (Å²) < 4.78 is 19.8. The van der Waals surface area contributed by atoms with Gasteiger partial charge in [0.05, 0.1) is 37.9 Å². The van der Waals surface area contributed by atoms with Crippen molar-refractivity contribution in [2.24, 2.45) is 7.05 Å². The first-order valence-corrected chi connectivity index (χ1v) is 13.6. The van der Waals surface area contributed by atoms with Crippen LogP contribution in [-0.4, -0.2) is 77.3 Å². The number of likely N-dealkylation sites (N-methyl/N-ethyl adjacent to an activating group) is 1. The summed E-state index contributed by atoms with van der Waals surface area (Å²) in [5, 5.41) is 8.45. The van der Waals surface area contributed by atoms with Gasteiger partial charge in [-0.3, -0.25) is 19.2 Å². The summed E-state index contributed by atoms with van der Waals surface area (Å²) in [6, 6.07) is 20.8. The molecule has 6 rings (SSSR count). The molecule has 10 heteroatoms. The van der Waals surface area contributed by atoms with Crippen LogP contribution in [0.2, 0.25) is 0 Å². The highest BCUT2D eigenvalue weighted by atomic mass is 16.5. The summed E-state index contributed by atoms with van der Waals surface area (Å²) >= 11 is 0. The van der Waals surface area contributed by atoms with Crippen molar-refractivity contribution in [2.45, 2.75) is 25.3 Å². The first-order valence-electron chi connectivity index (χ1n) is 13.6. The van der Waals surface area contributed by atoms with Crippen LogP contribution >= 0.6 is 0 Å². The number of methoxy groups -OCH3 is 1. The zero-order valence-electron chi connectivity index (χ0n) is 23.4. The zero-order chi connectivity index (χ0) is 28.5. The van der Waals surface area contributed by atoms with Gasteiger partial charge in [-0.15, -0.1) is 0 Å². The Bertz CT molecular complexity index is 1600. The fourth-order valence-corrected chi connectivity index (χ4v) is 5.56. The molecule has 1 saturated heterocycles. The molecule has 0 unspecified atom stereocenters. The highest BCUT2D eigenvalue weighted by Crippen LogP contribution is 2.33. The van der Waals surface area contributed by atoms with Gasteiger partial charge >= 0.3 is 0 Å². The standard InChI is InChI=1S/C31H33N5O5/c1-34-15-20-11-12-26(39-3)27(14-20)41-22-8-6-7-21(13-22)19-40-28-17-36(16-24(28)32-29(37)18-34)31(38)30-23-9-4-5-10-25(23)35(2)33-30/h4-14,24,28H,15-19H2,1-3H3,(H,32,37)/t24-,28-/m0/s1. The molecule has 212 valence electrons. The first-order chi connectivity index (χ1) is 19.9. The summed E-state index contributed by atoms with van der Waals surface area (Å²) in [6.45, 7) is 1.68. The summed E-state index contributed by atoms with van der Waals surface area (Å²) in [6.07, 6.45) is -0.395. The molecule has 3 aromatic carbocycles. The van der Waals surface area contributed by atoms with Gasteiger partial charge in [-0.25, -0.2) is 0 Å². The van der Waals surface area contributed by atoms with Crippen molar-refractivity contribution < 1.29 is 23.8 Å². The highest BCUT2D eigenvalue weighted by molar-refractivity contribution is 6.05. The van der Waals surface area contributed by atoms with Crippen molar-refractivity contribution in [3.63, 3.8) is 0 Å². The molecule has 1 fully saturated rings. The highest BCUT2D eigenvalue weighted by Gasteiger charge is 2.38. The molecule has 2 atom stereocenters. The zero-order valence-corrected chi connectivity index (χ0v) is 23.4. The molecule has 2 aliphatic rings. The maximum atomic E-state index is 13.7. The Morgan fingerprint density at radius 3 is 2.71 bits per heavy atom. The maximum absolute atomic E-state index is 13.7. The van der Waals surface area contributed by atoms with E-state index in [0.29, 0.717) is 49.2 Å². The first kappa shape index (κ1) is 26.8. The Morgan fingerprint density at radius 1 is 1.00 bits per heavy atom. The minimum absolute atomic E-state index is 0.136. The fraction of sp³-hybridized carbons (Fsp3) is 0.323. The Kier molecular flexibility index (Phi) is 7.34. The number of ether oxygens (including phenoxy) is 3. The van der Waals surface area contributed by atoms with Crippen LogP contribution in [0, 0.1) is 0 Å². The van der Waals surface area contributed by atoms with Crippen LogP contribution in [0.15, 0.2) is 66.7 Å². The number of hydrogen-bond acceptors (Lipinski definition) is 7. The average Bonchev–Trinajstić information content (AvgIpc) is 3.52. The molecule has 4 aromatic rings. The van der Waals surface area contributed by atoms with Gasteiger partial charge in [-0.05, 0) is 48.5 Å². The Morgan fingerprint density at radius 2 is 1.85 bits per heavy atom. The monoisotopic (exact) mass is 555 g/mol. The van der Waals surface area contributed by atoms with E-state index in [2.05, 4.69) is 10.4 Å². The van der Waals surface area contributed by atoms with Gasteiger partial charge in [0.2, 0.25) is 5.91 Å². The number of fused-ring (bicyclic) bond motifs is 6. The number of para-hydroxylation sites is 1. The van der Waals surface area contributed by atoms with E-state index in [1.807, 2.05) is 85.7 Å².